The topological polar surface area (TPSA) is 65.1 Å². The van der Waals surface area contributed by atoms with Crippen molar-refractivity contribution in [2.45, 2.75) is 58.7 Å². The maximum atomic E-state index is 5.80. The molecule has 0 aliphatic rings. The lowest BCUT2D eigenvalue weighted by molar-refractivity contribution is 0.0244. The number of rotatable bonds is 9. The molecule has 0 aliphatic carbocycles. The third-order valence-electron chi connectivity index (χ3n) is 3.00. The molecule has 18 heavy (non-hydrogen) atoms. The van der Waals surface area contributed by atoms with Gasteiger partial charge in [0.1, 0.15) is 11.9 Å². The van der Waals surface area contributed by atoms with Crippen LogP contribution in [0.15, 0.2) is 12.4 Å². The number of ether oxygens (including phenoxy) is 1. The van der Waals surface area contributed by atoms with E-state index < -0.39 is 0 Å². The average Bonchev–Trinajstić information content (AvgIpc) is 2.80. The first-order valence-corrected chi connectivity index (χ1v) is 6.87. The van der Waals surface area contributed by atoms with Crippen LogP contribution in [0, 0.1) is 0 Å². The van der Waals surface area contributed by atoms with Gasteiger partial charge in [0.15, 0.2) is 0 Å². The normalized spacial score (nSPS) is 14.7. The Morgan fingerprint density at radius 3 is 2.72 bits per heavy atom. The van der Waals surface area contributed by atoms with Gasteiger partial charge in [0, 0.05) is 25.5 Å². The zero-order valence-electron chi connectivity index (χ0n) is 11.7. The van der Waals surface area contributed by atoms with Gasteiger partial charge in [0.2, 0.25) is 0 Å². The summed E-state index contributed by atoms with van der Waals surface area (Å²) in [6.45, 7) is 7.96. The molecule has 0 aromatic carbocycles. The maximum Gasteiger partial charge on any atom is 0.129 e. The SMILES string of the molecule is CCCC(OCC)C(NN)c1nccn1CCC. The van der Waals surface area contributed by atoms with Crippen molar-refractivity contribution < 1.29 is 4.74 Å². The molecule has 0 fully saturated rings. The summed E-state index contributed by atoms with van der Waals surface area (Å²) < 4.78 is 7.94. The molecule has 104 valence electrons. The van der Waals surface area contributed by atoms with Crippen LogP contribution in [0.1, 0.15) is 51.9 Å². The molecule has 0 bridgehead atoms. The summed E-state index contributed by atoms with van der Waals surface area (Å²) in [5.74, 6) is 6.67. The highest BCUT2D eigenvalue weighted by Crippen LogP contribution is 2.21. The van der Waals surface area contributed by atoms with E-state index in [2.05, 4.69) is 28.8 Å². The van der Waals surface area contributed by atoms with Crippen molar-refractivity contribution in [1.82, 2.24) is 15.0 Å². The first-order chi connectivity index (χ1) is 8.78. The highest BCUT2D eigenvalue weighted by Gasteiger charge is 2.25. The number of nitrogens with one attached hydrogen (secondary N) is 1. The summed E-state index contributed by atoms with van der Waals surface area (Å²) >= 11 is 0. The smallest absolute Gasteiger partial charge is 0.129 e. The van der Waals surface area contributed by atoms with E-state index in [4.69, 9.17) is 10.6 Å². The van der Waals surface area contributed by atoms with Gasteiger partial charge in [-0.15, -0.1) is 0 Å². The van der Waals surface area contributed by atoms with Crippen molar-refractivity contribution in [1.29, 1.82) is 0 Å². The minimum atomic E-state index is -0.0496. The number of aryl methyl sites for hydroxylation is 1. The van der Waals surface area contributed by atoms with Gasteiger partial charge in [-0.1, -0.05) is 20.3 Å². The Bertz CT molecular complexity index is 321. The molecule has 2 unspecified atom stereocenters. The fraction of sp³-hybridized carbons (Fsp3) is 0.769. The minimum absolute atomic E-state index is 0.0496. The molecule has 1 aromatic rings. The first-order valence-electron chi connectivity index (χ1n) is 6.87. The van der Waals surface area contributed by atoms with Gasteiger partial charge in [-0.2, -0.15) is 0 Å². The van der Waals surface area contributed by atoms with E-state index in [1.807, 2.05) is 19.3 Å². The van der Waals surface area contributed by atoms with E-state index in [1.165, 1.54) is 0 Å². The molecule has 5 heteroatoms. The van der Waals surface area contributed by atoms with Crippen molar-refractivity contribution in [2.75, 3.05) is 6.61 Å². The zero-order valence-corrected chi connectivity index (χ0v) is 11.7. The summed E-state index contributed by atoms with van der Waals surface area (Å²) in [6, 6.07) is -0.0496. The van der Waals surface area contributed by atoms with Gasteiger partial charge in [0.05, 0.1) is 6.10 Å². The quantitative estimate of drug-likeness (QED) is 0.522. The first kappa shape index (κ1) is 15.1. The predicted molar refractivity (Wildman–Crippen MR) is 72.9 cm³/mol. The molecule has 5 nitrogen and oxygen atoms in total. The Kier molecular flexibility index (Phi) is 6.93. The Morgan fingerprint density at radius 1 is 1.39 bits per heavy atom. The summed E-state index contributed by atoms with van der Waals surface area (Å²) in [5.41, 5.74) is 2.86. The summed E-state index contributed by atoms with van der Waals surface area (Å²) in [7, 11) is 0. The van der Waals surface area contributed by atoms with E-state index in [9.17, 15) is 0 Å². The second-order valence-electron chi connectivity index (χ2n) is 4.41. The maximum absolute atomic E-state index is 5.80. The van der Waals surface area contributed by atoms with Gasteiger partial charge in [-0.3, -0.25) is 5.84 Å². The average molecular weight is 254 g/mol. The van der Waals surface area contributed by atoms with Crippen LogP contribution >= 0.6 is 0 Å². The lowest BCUT2D eigenvalue weighted by atomic mass is 10.1. The second kappa shape index (κ2) is 8.24. The highest BCUT2D eigenvalue weighted by molar-refractivity contribution is 5.02. The molecule has 1 heterocycles. The lowest BCUT2D eigenvalue weighted by Gasteiger charge is -2.26. The van der Waals surface area contributed by atoms with Gasteiger partial charge in [0.25, 0.3) is 0 Å². The van der Waals surface area contributed by atoms with Crippen LogP contribution in [0.2, 0.25) is 0 Å². The standard InChI is InChI=1S/C13H26N4O/c1-4-7-11(18-6-3)12(16-14)13-15-8-10-17(13)9-5-2/h8,10-12,16H,4-7,9,14H2,1-3H3. The summed E-state index contributed by atoms with van der Waals surface area (Å²) in [6.07, 6.45) is 7.01. The molecular weight excluding hydrogens is 228 g/mol. The number of imidazole rings is 1. The molecule has 0 radical (unpaired) electrons. The van der Waals surface area contributed by atoms with E-state index in [0.29, 0.717) is 6.61 Å². The van der Waals surface area contributed by atoms with Crippen molar-refractivity contribution in [3.05, 3.63) is 18.2 Å². The zero-order chi connectivity index (χ0) is 13.4. The monoisotopic (exact) mass is 254 g/mol. The summed E-state index contributed by atoms with van der Waals surface area (Å²) in [4.78, 5) is 4.43. The molecule has 2 atom stereocenters. The van der Waals surface area contributed by atoms with Gasteiger partial charge in [-0.25, -0.2) is 10.4 Å². The van der Waals surface area contributed by atoms with Gasteiger partial charge in [-0.05, 0) is 19.8 Å². The van der Waals surface area contributed by atoms with Crippen LogP contribution in [0.4, 0.5) is 0 Å². The largest absolute Gasteiger partial charge is 0.376 e. The number of hydrogen-bond donors (Lipinski definition) is 2. The third-order valence-corrected chi connectivity index (χ3v) is 3.00. The van der Waals surface area contributed by atoms with Crippen LogP contribution in [0.5, 0.6) is 0 Å². The number of nitrogens with two attached hydrogens (primary N) is 1. The Morgan fingerprint density at radius 2 is 2.17 bits per heavy atom. The van der Waals surface area contributed by atoms with Crippen molar-refractivity contribution >= 4 is 0 Å². The summed E-state index contributed by atoms with van der Waals surface area (Å²) in [5, 5.41) is 0. The number of hydrogen-bond acceptors (Lipinski definition) is 4. The fourth-order valence-corrected chi connectivity index (χ4v) is 2.22. The Labute approximate surface area is 110 Å². The number of nitrogens with zero attached hydrogens (tertiary/aromatic N) is 2. The molecule has 0 saturated heterocycles. The van der Waals surface area contributed by atoms with E-state index in [1.54, 1.807) is 0 Å². The van der Waals surface area contributed by atoms with Crippen LogP contribution in [-0.2, 0) is 11.3 Å². The Hall–Kier alpha value is -0.910. The van der Waals surface area contributed by atoms with E-state index in [0.717, 1.165) is 31.6 Å². The molecule has 1 rings (SSSR count). The third kappa shape index (κ3) is 3.80. The lowest BCUT2D eigenvalue weighted by Crippen LogP contribution is -2.39. The second-order valence-corrected chi connectivity index (χ2v) is 4.41. The molecule has 0 spiro atoms. The van der Waals surface area contributed by atoms with Crippen LogP contribution in [0.3, 0.4) is 0 Å². The molecular formula is C13H26N4O. The van der Waals surface area contributed by atoms with Crippen LogP contribution in [0.25, 0.3) is 0 Å². The number of aromatic nitrogens is 2. The Balaban J connectivity index is 2.87. The minimum Gasteiger partial charge on any atom is -0.376 e. The highest BCUT2D eigenvalue weighted by atomic mass is 16.5. The van der Waals surface area contributed by atoms with E-state index >= 15 is 0 Å². The van der Waals surface area contributed by atoms with Gasteiger partial charge < -0.3 is 9.30 Å². The van der Waals surface area contributed by atoms with E-state index in [-0.39, 0.29) is 12.1 Å². The van der Waals surface area contributed by atoms with Crippen molar-refractivity contribution in [3.63, 3.8) is 0 Å². The van der Waals surface area contributed by atoms with Crippen molar-refractivity contribution in [3.8, 4) is 0 Å². The molecule has 3 N–H and O–H groups in total. The van der Waals surface area contributed by atoms with Crippen molar-refractivity contribution in [2.24, 2.45) is 5.84 Å². The molecule has 0 amide bonds. The fourth-order valence-electron chi connectivity index (χ4n) is 2.22. The molecule has 0 aliphatic heterocycles. The van der Waals surface area contributed by atoms with Crippen LogP contribution < -0.4 is 11.3 Å². The molecule has 0 saturated carbocycles. The van der Waals surface area contributed by atoms with Crippen LogP contribution in [-0.4, -0.2) is 22.3 Å². The van der Waals surface area contributed by atoms with Gasteiger partial charge >= 0.3 is 0 Å². The predicted octanol–water partition coefficient (Wildman–Crippen LogP) is 2.00. The molecule has 1 aromatic heterocycles. The number of hydrazine groups is 1.